The Morgan fingerprint density at radius 1 is 1.00 bits per heavy atom. The number of nitrogens with two attached hydrogens (primary N) is 1. The summed E-state index contributed by atoms with van der Waals surface area (Å²) in [6.07, 6.45) is 2.89. The fourth-order valence-electron chi connectivity index (χ4n) is 3.64. The minimum atomic E-state index is -4.17. The number of primary amides is 1. The van der Waals surface area contributed by atoms with Crippen LogP contribution in [0.4, 0.5) is 5.69 Å². The van der Waals surface area contributed by atoms with Crippen molar-refractivity contribution in [3.63, 3.8) is 0 Å². The Balaban J connectivity index is 1.87. The van der Waals surface area contributed by atoms with E-state index in [9.17, 15) is 13.2 Å². The lowest BCUT2D eigenvalue weighted by Gasteiger charge is -2.21. The van der Waals surface area contributed by atoms with Gasteiger partial charge in [0.05, 0.1) is 16.8 Å². The van der Waals surface area contributed by atoms with Gasteiger partial charge in [-0.05, 0) is 41.5 Å². The van der Waals surface area contributed by atoms with E-state index in [0.29, 0.717) is 26.7 Å². The van der Waals surface area contributed by atoms with Gasteiger partial charge in [0.1, 0.15) is 10.4 Å². The molecule has 3 aromatic carbocycles. The van der Waals surface area contributed by atoms with E-state index in [1.807, 2.05) is 6.92 Å². The molecular weight excluding hydrogens is 483 g/mol. The molecule has 0 bridgehead atoms. The molecule has 0 saturated heterocycles. The van der Waals surface area contributed by atoms with Gasteiger partial charge >= 0.3 is 0 Å². The van der Waals surface area contributed by atoms with Gasteiger partial charge in [0.25, 0.3) is 15.9 Å². The minimum Gasteiger partial charge on any atom is -0.366 e. The van der Waals surface area contributed by atoms with Crippen LogP contribution in [0.3, 0.4) is 0 Å². The summed E-state index contributed by atoms with van der Waals surface area (Å²) in [6.45, 7) is 1.84. The number of nitrogens with one attached hydrogen (secondary N) is 1. The number of amides is 1. The second-order valence-electron chi connectivity index (χ2n) is 7.31. The van der Waals surface area contributed by atoms with E-state index >= 15 is 0 Å². The van der Waals surface area contributed by atoms with Crippen LogP contribution >= 0.6 is 23.2 Å². The van der Waals surface area contributed by atoms with Crippen molar-refractivity contribution in [3.05, 3.63) is 93.7 Å². The molecule has 1 amide bonds. The van der Waals surface area contributed by atoms with Gasteiger partial charge in [-0.25, -0.2) is 8.42 Å². The number of carbonyl (C=O) groups excluding carboxylic acids is 1. The molecular formula is C23H18Cl2N4O3S. The Bertz CT molecular complexity index is 1490. The van der Waals surface area contributed by atoms with Crippen LogP contribution in [0.15, 0.2) is 71.9 Å². The van der Waals surface area contributed by atoms with Crippen molar-refractivity contribution >= 4 is 55.9 Å². The number of hydrogen-bond acceptors (Lipinski definition) is 5. The molecule has 0 fully saturated rings. The van der Waals surface area contributed by atoms with Crippen LogP contribution in [0.1, 0.15) is 34.3 Å². The van der Waals surface area contributed by atoms with E-state index < -0.39 is 15.9 Å². The first-order valence-electron chi connectivity index (χ1n) is 9.79. The van der Waals surface area contributed by atoms with Crippen molar-refractivity contribution < 1.29 is 13.2 Å². The Morgan fingerprint density at radius 3 is 2.45 bits per heavy atom. The number of anilines is 1. The van der Waals surface area contributed by atoms with Crippen LogP contribution in [0.5, 0.6) is 0 Å². The molecule has 10 heteroatoms. The maximum Gasteiger partial charge on any atom is 0.264 e. The number of sulfonamides is 1. The molecule has 0 aliphatic rings. The summed E-state index contributed by atoms with van der Waals surface area (Å²) in [7, 11) is -4.17. The number of halogens is 2. The lowest BCUT2D eigenvalue weighted by Crippen LogP contribution is -2.21. The second-order valence-corrected chi connectivity index (χ2v) is 9.80. The summed E-state index contributed by atoms with van der Waals surface area (Å²) < 4.78 is 29.4. The Labute approximate surface area is 200 Å². The quantitative estimate of drug-likeness (QED) is 0.386. The summed E-state index contributed by atoms with van der Waals surface area (Å²) in [5, 5.41) is 0.887. The molecule has 1 aromatic heterocycles. The van der Waals surface area contributed by atoms with Gasteiger partial charge in [-0.1, -0.05) is 54.4 Å². The third-order valence-corrected chi connectivity index (χ3v) is 7.19. The number of nitrogens with zero attached hydrogens (tertiary/aromatic N) is 2. The average molecular weight is 501 g/mol. The van der Waals surface area contributed by atoms with Gasteiger partial charge in [0.15, 0.2) is 0 Å². The molecule has 1 unspecified atom stereocenters. The summed E-state index contributed by atoms with van der Waals surface area (Å²) in [5.74, 6) is -1.17. The summed E-state index contributed by atoms with van der Waals surface area (Å²) in [6, 6.07) is 14.5. The van der Waals surface area contributed by atoms with Crippen LogP contribution in [-0.4, -0.2) is 24.3 Å². The fraction of sp³-hybridized carbons (Fsp3) is 0.0870. The zero-order valence-electron chi connectivity index (χ0n) is 17.3. The van der Waals surface area contributed by atoms with Gasteiger partial charge < -0.3 is 5.73 Å². The molecule has 0 radical (unpaired) electrons. The van der Waals surface area contributed by atoms with E-state index in [2.05, 4.69) is 14.7 Å². The second kappa shape index (κ2) is 8.97. The average Bonchev–Trinajstić information content (AvgIpc) is 2.78. The summed E-state index contributed by atoms with van der Waals surface area (Å²) in [4.78, 5) is 20.5. The van der Waals surface area contributed by atoms with Crippen molar-refractivity contribution in [2.75, 3.05) is 4.72 Å². The highest BCUT2D eigenvalue weighted by atomic mass is 35.5. The third-order valence-electron chi connectivity index (χ3n) is 5.25. The maximum absolute atomic E-state index is 13.4. The van der Waals surface area contributed by atoms with Gasteiger partial charge in [0.2, 0.25) is 0 Å². The molecule has 1 heterocycles. The molecule has 33 heavy (non-hydrogen) atoms. The highest BCUT2D eigenvalue weighted by Crippen LogP contribution is 2.37. The monoisotopic (exact) mass is 500 g/mol. The minimum absolute atomic E-state index is 0.0272. The van der Waals surface area contributed by atoms with Gasteiger partial charge in [-0.2, -0.15) is 0 Å². The summed E-state index contributed by atoms with van der Waals surface area (Å²) >= 11 is 12.4. The number of carbonyl (C=O) groups is 1. The van der Waals surface area contributed by atoms with E-state index in [4.69, 9.17) is 28.9 Å². The molecule has 0 aliphatic carbocycles. The topological polar surface area (TPSA) is 115 Å². The SMILES string of the molecule is CC(c1ccc(Cl)cc1Cl)c1cccc(C(N)=O)c1NS(=O)(=O)c1cccc2nccnc12. The van der Waals surface area contributed by atoms with Crippen molar-refractivity contribution in [2.24, 2.45) is 5.73 Å². The lowest BCUT2D eigenvalue weighted by atomic mass is 9.90. The number of para-hydroxylation sites is 2. The molecule has 3 N–H and O–H groups in total. The van der Waals surface area contributed by atoms with Crippen molar-refractivity contribution in [1.29, 1.82) is 0 Å². The van der Waals surface area contributed by atoms with Crippen molar-refractivity contribution in [2.45, 2.75) is 17.7 Å². The van der Waals surface area contributed by atoms with Crippen LogP contribution in [-0.2, 0) is 10.0 Å². The van der Waals surface area contributed by atoms with Crippen LogP contribution in [0.2, 0.25) is 10.0 Å². The fourth-order valence-corrected chi connectivity index (χ4v) is 5.49. The highest BCUT2D eigenvalue weighted by molar-refractivity contribution is 7.93. The molecule has 0 spiro atoms. The molecule has 1 atom stereocenters. The maximum atomic E-state index is 13.4. The number of benzene rings is 3. The Kier molecular flexibility index (Phi) is 6.25. The molecule has 7 nitrogen and oxygen atoms in total. The zero-order chi connectivity index (χ0) is 23.8. The summed E-state index contributed by atoms with van der Waals surface area (Å²) in [5.41, 5.74) is 7.54. The smallest absolute Gasteiger partial charge is 0.264 e. The van der Waals surface area contributed by atoms with E-state index in [-0.39, 0.29) is 27.6 Å². The van der Waals surface area contributed by atoms with Crippen LogP contribution in [0, 0.1) is 0 Å². The number of fused-ring (bicyclic) bond motifs is 1. The highest BCUT2D eigenvalue weighted by Gasteiger charge is 2.26. The van der Waals surface area contributed by atoms with E-state index in [0.717, 1.165) is 0 Å². The first-order valence-corrected chi connectivity index (χ1v) is 12.0. The predicted octanol–water partition coefficient (Wildman–Crippen LogP) is 4.99. The molecule has 0 aliphatic heterocycles. The van der Waals surface area contributed by atoms with E-state index in [1.54, 1.807) is 42.5 Å². The Morgan fingerprint density at radius 2 is 1.73 bits per heavy atom. The standard InChI is InChI=1S/C23H18Cl2N4O3S/c1-13(15-9-8-14(24)12-18(15)25)16-4-2-5-17(23(26)30)21(16)29-33(31,32)20-7-3-6-19-22(20)28-11-10-27-19/h2-13,29H,1H3,(H2,26,30). The van der Waals surface area contributed by atoms with Gasteiger partial charge in [-0.3, -0.25) is 19.5 Å². The van der Waals surface area contributed by atoms with Gasteiger partial charge in [-0.15, -0.1) is 0 Å². The number of hydrogen-bond donors (Lipinski definition) is 2. The molecule has 4 aromatic rings. The van der Waals surface area contributed by atoms with Crippen molar-refractivity contribution in [1.82, 2.24) is 9.97 Å². The van der Waals surface area contributed by atoms with E-state index in [1.165, 1.54) is 24.5 Å². The van der Waals surface area contributed by atoms with Gasteiger partial charge in [0, 0.05) is 28.4 Å². The zero-order valence-corrected chi connectivity index (χ0v) is 19.6. The predicted molar refractivity (Wildman–Crippen MR) is 129 cm³/mol. The molecule has 168 valence electrons. The third kappa shape index (κ3) is 4.50. The number of aromatic nitrogens is 2. The normalized spacial score (nSPS) is 12.5. The first-order chi connectivity index (χ1) is 15.7. The molecule has 4 rings (SSSR count). The largest absolute Gasteiger partial charge is 0.366 e. The van der Waals surface area contributed by atoms with Crippen LogP contribution < -0.4 is 10.5 Å². The lowest BCUT2D eigenvalue weighted by molar-refractivity contribution is 0.100. The number of rotatable bonds is 6. The van der Waals surface area contributed by atoms with Crippen molar-refractivity contribution in [3.8, 4) is 0 Å². The molecule has 0 saturated carbocycles. The first kappa shape index (κ1) is 23.0. The Hall–Kier alpha value is -3.20. The van der Waals surface area contributed by atoms with Crippen LogP contribution in [0.25, 0.3) is 11.0 Å².